The van der Waals surface area contributed by atoms with Crippen LogP contribution in [0.25, 0.3) is 0 Å². The molecule has 0 spiro atoms. The van der Waals surface area contributed by atoms with Crippen LogP contribution < -0.4 is 5.73 Å². The topological polar surface area (TPSA) is 57.5 Å². The fraction of sp³-hybridized carbons (Fsp3) is 1.00. The fourth-order valence-electron chi connectivity index (χ4n) is 3.10. The van der Waals surface area contributed by atoms with Crippen molar-refractivity contribution < 1.29 is 5.48 Å². The van der Waals surface area contributed by atoms with Crippen molar-refractivity contribution >= 4 is 0 Å². The number of hydrogen-bond acceptors (Lipinski definition) is 1. The van der Waals surface area contributed by atoms with Gasteiger partial charge in [0.15, 0.2) is 0 Å². The maximum absolute atomic E-state index is 5.50. The van der Waals surface area contributed by atoms with Gasteiger partial charge in [-0.05, 0) is 24.8 Å². The van der Waals surface area contributed by atoms with Crippen molar-refractivity contribution in [3.05, 3.63) is 0 Å². The lowest BCUT2D eigenvalue weighted by Crippen LogP contribution is -2.03. The monoisotopic (exact) mass is 329 g/mol. The van der Waals surface area contributed by atoms with Gasteiger partial charge in [0, 0.05) is 0 Å². The van der Waals surface area contributed by atoms with Crippen LogP contribution in [-0.4, -0.2) is 12.0 Å². The number of unbranched alkanes of at least 4 members (excludes halogenated alkanes) is 14. The van der Waals surface area contributed by atoms with Crippen LogP contribution in [0.1, 0.15) is 124 Å². The predicted octanol–water partition coefficient (Wildman–Crippen LogP) is 6.41. The molecule has 0 aromatic carbocycles. The van der Waals surface area contributed by atoms with Crippen molar-refractivity contribution in [3.8, 4) is 0 Å². The zero-order valence-electron chi connectivity index (χ0n) is 16.6. The predicted molar refractivity (Wildman–Crippen MR) is 106 cm³/mol. The molecule has 23 heavy (non-hydrogen) atoms. The number of hydrogen-bond donors (Lipinski definition) is 1. The molecule has 0 atom stereocenters. The molecule has 0 aliphatic carbocycles. The van der Waals surface area contributed by atoms with Crippen LogP contribution in [0.5, 0.6) is 0 Å². The Morgan fingerprint density at radius 3 is 1.00 bits per heavy atom. The van der Waals surface area contributed by atoms with E-state index in [1.54, 1.807) is 0 Å². The van der Waals surface area contributed by atoms with Crippen molar-refractivity contribution in [1.29, 1.82) is 0 Å². The smallest absolute Gasteiger partial charge is 0.00773 e. The van der Waals surface area contributed by atoms with Gasteiger partial charge in [-0.2, -0.15) is 0 Å². The van der Waals surface area contributed by atoms with Crippen LogP contribution in [-0.2, 0) is 0 Å². The molecular weight excluding hydrogens is 282 g/mol. The molecule has 2 nitrogen and oxygen atoms in total. The molecule has 0 saturated heterocycles. The van der Waals surface area contributed by atoms with Crippen LogP contribution in [0, 0.1) is 5.41 Å². The van der Waals surface area contributed by atoms with Gasteiger partial charge in [-0.3, -0.25) is 0 Å². The van der Waals surface area contributed by atoms with Crippen molar-refractivity contribution in [2.24, 2.45) is 11.1 Å². The van der Waals surface area contributed by atoms with Crippen LogP contribution in [0.15, 0.2) is 0 Å². The zero-order chi connectivity index (χ0) is 16.5. The van der Waals surface area contributed by atoms with Gasteiger partial charge in [0.2, 0.25) is 0 Å². The van der Waals surface area contributed by atoms with Crippen molar-refractivity contribution in [2.45, 2.75) is 124 Å². The third-order valence-electron chi connectivity index (χ3n) is 4.63. The van der Waals surface area contributed by atoms with E-state index >= 15 is 0 Å². The largest absolute Gasteiger partial charge is 0.412 e. The number of nitrogens with two attached hydrogens (primary N) is 1. The second-order valence-electron chi connectivity index (χ2n) is 8.40. The van der Waals surface area contributed by atoms with Gasteiger partial charge < -0.3 is 11.2 Å². The molecule has 0 heterocycles. The van der Waals surface area contributed by atoms with E-state index in [-0.39, 0.29) is 5.48 Å². The molecule has 0 aliphatic heterocycles. The summed E-state index contributed by atoms with van der Waals surface area (Å²) in [6, 6.07) is 0. The van der Waals surface area contributed by atoms with E-state index in [1.807, 2.05) is 0 Å². The van der Waals surface area contributed by atoms with Crippen LogP contribution in [0.3, 0.4) is 0 Å². The molecule has 142 valence electrons. The molecule has 0 aromatic rings. The maximum Gasteiger partial charge on any atom is -0.00773 e. The average molecular weight is 330 g/mol. The van der Waals surface area contributed by atoms with Crippen molar-refractivity contribution in [3.63, 3.8) is 0 Å². The molecule has 0 radical (unpaired) electrons. The molecule has 0 unspecified atom stereocenters. The minimum atomic E-state index is 0. The van der Waals surface area contributed by atoms with E-state index in [0.717, 1.165) is 6.54 Å². The first-order chi connectivity index (χ1) is 10.6. The van der Waals surface area contributed by atoms with Crippen LogP contribution in [0.2, 0.25) is 0 Å². The second-order valence-corrected chi connectivity index (χ2v) is 8.40. The van der Waals surface area contributed by atoms with Crippen LogP contribution >= 0.6 is 0 Å². The molecule has 0 amide bonds. The summed E-state index contributed by atoms with van der Waals surface area (Å²) in [6.07, 6.45) is 22.8. The molecular formula is C21H47NO. The minimum Gasteiger partial charge on any atom is -0.412 e. The molecule has 2 heteroatoms. The Bertz CT molecular complexity index is 210. The Hall–Kier alpha value is -0.0800. The van der Waals surface area contributed by atoms with Gasteiger partial charge in [-0.15, -0.1) is 0 Å². The van der Waals surface area contributed by atoms with E-state index in [9.17, 15) is 0 Å². The van der Waals surface area contributed by atoms with Crippen molar-refractivity contribution in [1.82, 2.24) is 0 Å². The van der Waals surface area contributed by atoms with Gasteiger partial charge in [-0.25, -0.2) is 0 Å². The summed E-state index contributed by atoms with van der Waals surface area (Å²) < 4.78 is 0. The van der Waals surface area contributed by atoms with E-state index in [2.05, 4.69) is 20.8 Å². The summed E-state index contributed by atoms with van der Waals surface area (Å²) in [5.41, 5.74) is 6.03. The quantitative estimate of drug-likeness (QED) is 0.327. The molecule has 0 aromatic heterocycles. The highest BCUT2D eigenvalue weighted by Crippen LogP contribution is 2.22. The Morgan fingerprint density at radius 2 is 0.739 bits per heavy atom. The van der Waals surface area contributed by atoms with E-state index in [0.29, 0.717) is 5.41 Å². The Morgan fingerprint density at radius 1 is 0.478 bits per heavy atom. The zero-order valence-corrected chi connectivity index (χ0v) is 16.6. The summed E-state index contributed by atoms with van der Waals surface area (Å²) >= 11 is 0. The second kappa shape index (κ2) is 18.3. The summed E-state index contributed by atoms with van der Waals surface area (Å²) in [5.74, 6) is 0. The summed E-state index contributed by atoms with van der Waals surface area (Å²) in [7, 11) is 0. The molecule has 4 N–H and O–H groups in total. The van der Waals surface area contributed by atoms with Crippen LogP contribution in [0.4, 0.5) is 0 Å². The Labute approximate surface area is 147 Å². The Balaban J connectivity index is 0. The molecule has 0 aliphatic rings. The van der Waals surface area contributed by atoms with E-state index in [1.165, 1.54) is 103 Å². The van der Waals surface area contributed by atoms with Gasteiger partial charge >= 0.3 is 0 Å². The SMILES string of the molecule is CC(C)(C)CCCCCCCCCCCCCCCCCN.O. The van der Waals surface area contributed by atoms with E-state index < -0.39 is 0 Å². The summed E-state index contributed by atoms with van der Waals surface area (Å²) in [6.45, 7) is 7.93. The third kappa shape index (κ3) is 24.3. The molecule has 0 bridgehead atoms. The highest BCUT2D eigenvalue weighted by Gasteiger charge is 2.08. The fourth-order valence-corrected chi connectivity index (χ4v) is 3.10. The van der Waals surface area contributed by atoms with Gasteiger partial charge in [-0.1, -0.05) is 111 Å². The first kappa shape index (κ1) is 25.2. The molecule has 0 saturated carbocycles. The highest BCUT2D eigenvalue weighted by molar-refractivity contribution is 4.61. The van der Waals surface area contributed by atoms with Gasteiger partial charge in [0.25, 0.3) is 0 Å². The van der Waals surface area contributed by atoms with Gasteiger partial charge in [0.1, 0.15) is 0 Å². The van der Waals surface area contributed by atoms with Crippen molar-refractivity contribution in [2.75, 3.05) is 6.54 Å². The molecule has 0 rings (SSSR count). The summed E-state index contributed by atoms with van der Waals surface area (Å²) in [5, 5.41) is 0. The normalized spacial score (nSPS) is 11.5. The lowest BCUT2D eigenvalue weighted by atomic mass is 9.89. The average Bonchev–Trinajstić information content (AvgIpc) is 2.45. The summed E-state index contributed by atoms with van der Waals surface area (Å²) in [4.78, 5) is 0. The molecule has 0 fully saturated rings. The lowest BCUT2D eigenvalue weighted by molar-refractivity contribution is 0.356. The first-order valence-corrected chi connectivity index (χ1v) is 10.3. The number of rotatable bonds is 16. The maximum atomic E-state index is 5.50. The minimum absolute atomic E-state index is 0. The Kier molecular flexibility index (Phi) is 20.0. The first-order valence-electron chi connectivity index (χ1n) is 10.3. The lowest BCUT2D eigenvalue weighted by Gasteiger charge is -2.17. The third-order valence-corrected chi connectivity index (χ3v) is 4.63. The van der Waals surface area contributed by atoms with Gasteiger partial charge in [0.05, 0.1) is 0 Å². The highest BCUT2D eigenvalue weighted by atomic mass is 16.0. The van der Waals surface area contributed by atoms with E-state index in [4.69, 9.17) is 5.73 Å². The standard InChI is InChI=1S/C21H45N.H2O/c1-21(2,3)19-17-15-13-11-9-7-5-4-6-8-10-12-14-16-18-20-22;/h4-20,22H2,1-3H3;1H2.